The number of benzene rings is 1. The van der Waals surface area contributed by atoms with Crippen LogP contribution in [0.4, 0.5) is 0 Å². The number of hydrogen-bond acceptors (Lipinski definition) is 4. The zero-order valence-corrected chi connectivity index (χ0v) is 15.8. The van der Waals surface area contributed by atoms with E-state index in [2.05, 4.69) is 15.7 Å². The number of nitrogens with one attached hydrogen (secondary N) is 3. The summed E-state index contributed by atoms with van der Waals surface area (Å²) in [7, 11) is 0. The van der Waals surface area contributed by atoms with E-state index >= 15 is 0 Å². The molecule has 0 amide bonds. The quantitative estimate of drug-likeness (QED) is 0.729. The SMILES string of the molecule is O=c1[nH]c2c(n1Cc1cccc(Cl)c1Cl)CN(NC[C@@H]1CCNC1)C=C2. The van der Waals surface area contributed by atoms with E-state index in [0.29, 0.717) is 29.1 Å². The number of halogens is 2. The molecule has 8 heteroatoms. The third kappa shape index (κ3) is 3.55. The highest BCUT2D eigenvalue weighted by molar-refractivity contribution is 6.42. The highest BCUT2D eigenvalue weighted by atomic mass is 35.5. The van der Waals surface area contributed by atoms with Crippen molar-refractivity contribution in [1.82, 2.24) is 25.3 Å². The molecule has 2 aliphatic heterocycles. The average molecular weight is 394 g/mol. The van der Waals surface area contributed by atoms with Gasteiger partial charge in [-0.3, -0.25) is 4.57 Å². The first-order valence-electron chi connectivity index (χ1n) is 8.75. The van der Waals surface area contributed by atoms with Gasteiger partial charge in [0.15, 0.2) is 0 Å². The lowest BCUT2D eigenvalue weighted by Gasteiger charge is -2.26. The Labute approximate surface area is 161 Å². The van der Waals surface area contributed by atoms with Crippen LogP contribution in [-0.4, -0.2) is 34.2 Å². The van der Waals surface area contributed by atoms with E-state index < -0.39 is 0 Å². The third-order valence-corrected chi connectivity index (χ3v) is 5.83. The molecule has 0 spiro atoms. The molecule has 0 saturated carbocycles. The van der Waals surface area contributed by atoms with Crippen molar-refractivity contribution in [2.75, 3.05) is 19.6 Å². The average Bonchev–Trinajstić information content (AvgIpc) is 3.25. The van der Waals surface area contributed by atoms with Crippen LogP contribution < -0.4 is 16.4 Å². The predicted octanol–water partition coefficient (Wildman–Crippen LogP) is 2.43. The Morgan fingerprint density at radius 3 is 3.00 bits per heavy atom. The first-order chi connectivity index (χ1) is 12.6. The molecule has 2 aromatic rings. The second-order valence-electron chi connectivity index (χ2n) is 6.75. The van der Waals surface area contributed by atoms with E-state index in [1.807, 2.05) is 29.4 Å². The normalized spacial score (nSPS) is 19.2. The zero-order chi connectivity index (χ0) is 18.1. The molecule has 26 heavy (non-hydrogen) atoms. The maximum atomic E-state index is 12.4. The summed E-state index contributed by atoms with van der Waals surface area (Å²) < 4.78 is 1.72. The molecular weight excluding hydrogens is 373 g/mol. The molecule has 1 saturated heterocycles. The number of hydrazine groups is 1. The fraction of sp³-hybridized carbons (Fsp3) is 0.389. The molecule has 1 aromatic heterocycles. The van der Waals surface area contributed by atoms with E-state index in [9.17, 15) is 4.79 Å². The molecule has 0 unspecified atom stereocenters. The van der Waals surface area contributed by atoms with Gasteiger partial charge in [-0.15, -0.1) is 0 Å². The Morgan fingerprint density at radius 2 is 2.19 bits per heavy atom. The Morgan fingerprint density at radius 1 is 1.31 bits per heavy atom. The van der Waals surface area contributed by atoms with Crippen molar-refractivity contribution in [1.29, 1.82) is 0 Å². The number of hydrogen-bond donors (Lipinski definition) is 3. The number of imidazole rings is 1. The minimum atomic E-state index is -0.141. The van der Waals surface area contributed by atoms with Crippen LogP contribution in [0.2, 0.25) is 10.0 Å². The summed E-state index contributed by atoms with van der Waals surface area (Å²) in [5.74, 6) is 0.642. The smallest absolute Gasteiger partial charge is 0.316 e. The van der Waals surface area contributed by atoms with Crippen LogP contribution >= 0.6 is 23.2 Å². The van der Waals surface area contributed by atoms with Gasteiger partial charge in [0.1, 0.15) is 0 Å². The molecule has 0 bridgehead atoms. The molecule has 0 aliphatic carbocycles. The highest BCUT2D eigenvalue weighted by Crippen LogP contribution is 2.27. The lowest BCUT2D eigenvalue weighted by molar-refractivity contribution is 0.236. The van der Waals surface area contributed by atoms with Crippen molar-refractivity contribution >= 4 is 29.3 Å². The van der Waals surface area contributed by atoms with Gasteiger partial charge in [0, 0.05) is 12.7 Å². The molecule has 6 nitrogen and oxygen atoms in total. The van der Waals surface area contributed by atoms with E-state index in [4.69, 9.17) is 23.2 Å². The van der Waals surface area contributed by atoms with Gasteiger partial charge in [-0.1, -0.05) is 35.3 Å². The Bertz CT molecular complexity index is 882. The monoisotopic (exact) mass is 393 g/mol. The molecule has 1 aromatic carbocycles. The first-order valence-corrected chi connectivity index (χ1v) is 9.51. The van der Waals surface area contributed by atoms with Gasteiger partial charge in [0.05, 0.1) is 34.5 Å². The fourth-order valence-electron chi connectivity index (χ4n) is 3.46. The number of nitrogens with zero attached hydrogens (tertiary/aromatic N) is 2. The van der Waals surface area contributed by atoms with Crippen molar-refractivity contribution in [3.05, 3.63) is 61.9 Å². The summed E-state index contributed by atoms with van der Waals surface area (Å²) in [6.07, 6.45) is 5.09. The van der Waals surface area contributed by atoms with Gasteiger partial charge in [0.2, 0.25) is 0 Å². The molecular formula is C18H21Cl2N5O. The van der Waals surface area contributed by atoms with Gasteiger partial charge in [0.25, 0.3) is 0 Å². The molecule has 3 heterocycles. The molecule has 0 radical (unpaired) electrons. The van der Waals surface area contributed by atoms with Crippen molar-refractivity contribution < 1.29 is 0 Å². The number of rotatable bonds is 5. The molecule has 1 fully saturated rings. The van der Waals surface area contributed by atoms with Gasteiger partial charge in [-0.25, -0.2) is 10.2 Å². The summed E-state index contributed by atoms with van der Waals surface area (Å²) in [5.41, 5.74) is 5.92. The zero-order valence-electron chi connectivity index (χ0n) is 14.3. The van der Waals surface area contributed by atoms with Crippen LogP contribution in [0.15, 0.2) is 29.2 Å². The van der Waals surface area contributed by atoms with E-state index in [0.717, 1.165) is 36.6 Å². The molecule has 2 aliphatic rings. The summed E-state index contributed by atoms with van der Waals surface area (Å²) >= 11 is 12.4. The third-order valence-electron chi connectivity index (χ3n) is 4.97. The Hall–Kier alpha value is -1.73. The Balaban J connectivity index is 1.52. The van der Waals surface area contributed by atoms with Crippen LogP contribution in [-0.2, 0) is 13.1 Å². The van der Waals surface area contributed by atoms with Crippen LogP contribution in [0.1, 0.15) is 23.4 Å². The minimum absolute atomic E-state index is 0.141. The molecule has 4 rings (SSSR count). The van der Waals surface area contributed by atoms with Gasteiger partial charge in [-0.2, -0.15) is 0 Å². The van der Waals surface area contributed by atoms with Crippen LogP contribution in [0.5, 0.6) is 0 Å². The van der Waals surface area contributed by atoms with Gasteiger partial charge < -0.3 is 15.3 Å². The second kappa shape index (κ2) is 7.48. The van der Waals surface area contributed by atoms with E-state index in [-0.39, 0.29) is 5.69 Å². The van der Waals surface area contributed by atoms with Crippen LogP contribution in [0.25, 0.3) is 6.08 Å². The lowest BCUT2D eigenvalue weighted by atomic mass is 10.1. The largest absolute Gasteiger partial charge is 0.326 e. The number of aromatic amines is 1. The number of aromatic nitrogens is 2. The summed E-state index contributed by atoms with van der Waals surface area (Å²) in [6.45, 7) is 4.06. The van der Waals surface area contributed by atoms with Crippen LogP contribution in [0.3, 0.4) is 0 Å². The van der Waals surface area contributed by atoms with Crippen molar-refractivity contribution in [3.8, 4) is 0 Å². The van der Waals surface area contributed by atoms with Crippen molar-refractivity contribution in [2.45, 2.75) is 19.5 Å². The summed E-state index contributed by atoms with van der Waals surface area (Å²) in [6, 6.07) is 5.48. The maximum absolute atomic E-state index is 12.4. The first kappa shape index (κ1) is 17.7. The minimum Gasteiger partial charge on any atom is -0.316 e. The van der Waals surface area contributed by atoms with E-state index in [1.54, 1.807) is 10.6 Å². The predicted molar refractivity (Wildman–Crippen MR) is 104 cm³/mol. The standard InChI is InChI=1S/C18H21Cl2N5O/c19-14-3-1-2-13(17(14)20)10-25-16-11-24(7-5-15(16)23-18(25)26)22-9-12-4-6-21-8-12/h1-3,5,7,12,21-22H,4,6,8-11H2,(H,23,26)/t12-/m1/s1. The second-order valence-corrected chi connectivity index (χ2v) is 7.54. The lowest BCUT2D eigenvalue weighted by Crippen LogP contribution is -2.39. The van der Waals surface area contributed by atoms with Crippen molar-refractivity contribution in [3.63, 3.8) is 0 Å². The van der Waals surface area contributed by atoms with Crippen molar-refractivity contribution in [2.24, 2.45) is 5.92 Å². The summed E-state index contributed by atoms with van der Waals surface area (Å²) in [4.78, 5) is 15.3. The van der Waals surface area contributed by atoms with E-state index in [1.165, 1.54) is 6.42 Å². The maximum Gasteiger partial charge on any atom is 0.326 e. The molecule has 1 atom stereocenters. The summed E-state index contributed by atoms with van der Waals surface area (Å²) in [5, 5.41) is 6.39. The Kier molecular flexibility index (Phi) is 5.09. The molecule has 3 N–H and O–H groups in total. The van der Waals surface area contributed by atoms with Gasteiger partial charge in [-0.05, 0) is 43.1 Å². The topological polar surface area (TPSA) is 65.1 Å². The number of H-pyrrole nitrogens is 1. The number of fused-ring (bicyclic) bond motifs is 1. The highest BCUT2D eigenvalue weighted by Gasteiger charge is 2.21. The molecule has 138 valence electrons. The van der Waals surface area contributed by atoms with Gasteiger partial charge >= 0.3 is 5.69 Å². The van der Waals surface area contributed by atoms with Crippen LogP contribution in [0, 0.1) is 5.92 Å². The fourth-order valence-corrected chi connectivity index (χ4v) is 3.84.